The molecule has 0 saturated heterocycles. The van der Waals surface area contributed by atoms with Gasteiger partial charge < -0.3 is 0 Å². The van der Waals surface area contributed by atoms with Gasteiger partial charge in [-0.1, -0.05) is 36.4 Å². The van der Waals surface area contributed by atoms with Crippen molar-refractivity contribution in [1.29, 1.82) is 0 Å². The van der Waals surface area contributed by atoms with Crippen molar-refractivity contribution >= 4 is 0 Å². The Morgan fingerprint density at radius 2 is 2.00 bits per heavy atom. The standard InChI is InChI=1S/C13H13/c1-11-6-5-9-13(11)10-12-7-3-2-4-8-12/h2-4,7-9H,5,10H2,1H3. The summed E-state index contributed by atoms with van der Waals surface area (Å²) in [6.45, 7) is 2.14. The minimum atomic E-state index is 0.994. The summed E-state index contributed by atoms with van der Waals surface area (Å²) >= 11 is 0. The maximum Gasteiger partial charge on any atom is -0.00261 e. The molecule has 0 amide bonds. The summed E-state index contributed by atoms with van der Waals surface area (Å²) in [4.78, 5) is 0. The highest BCUT2D eigenvalue weighted by Gasteiger charge is 2.05. The first-order chi connectivity index (χ1) is 6.36. The fraction of sp³-hybridized carbons (Fsp3) is 0.231. The highest BCUT2D eigenvalue weighted by Crippen LogP contribution is 2.21. The van der Waals surface area contributed by atoms with E-state index in [9.17, 15) is 0 Å². The van der Waals surface area contributed by atoms with Crippen LogP contribution >= 0.6 is 0 Å². The van der Waals surface area contributed by atoms with Crippen LogP contribution in [0.25, 0.3) is 0 Å². The molecule has 0 bridgehead atoms. The molecule has 0 spiro atoms. The van der Waals surface area contributed by atoms with Crippen molar-refractivity contribution < 1.29 is 0 Å². The quantitative estimate of drug-likeness (QED) is 0.637. The minimum absolute atomic E-state index is 0.994. The van der Waals surface area contributed by atoms with Crippen molar-refractivity contribution in [3.05, 3.63) is 59.2 Å². The first kappa shape index (κ1) is 8.31. The van der Waals surface area contributed by atoms with Gasteiger partial charge in [0, 0.05) is 0 Å². The molecule has 0 aliphatic heterocycles. The Bertz CT molecular complexity index is 342. The molecule has 0 fully saturated rings. The molecular formula is C13H13. The predicted molar refractivity (Wildman–Crippen MR) is 55.3 cm³/mol. The monoisotopic (exact) mass is 169 g/mol. The second-order valence-electron chi connectivity index (χ2n) is 3.40. The number of benzene rings is 1. The largest absolute Gasteiger partial charge is 0.0763 e. The van der Waals surface area contributed by atoms with Crippen LogP contribution in [0.2, 0.25) is 0 Å². The van der Waals surface area contributed by atoms with E-state index < -0.39 is 0 Å². The van der Waals surface area contributed by atoms with Crippen molar-refractivity contribution in [2.75, 3.05) is 0 Å². The van der Waals surface area contributed by atoms with E-state index in [-0.39, 0.29) is 0 Å². The van der Waals surface area contributed by atoms with Crippen molar-refractivity contribution in [1.82, 2.24) is 0 Å². The third kappa shape index (κ3) is 1.89. The number of allylic oxidation sites excluding steroid dienone is 4. The number of hydrogen-bond donors (Lipinski definition) is 0. The zero-order chi connectivity index (χ0) is 9.10. The first-order valence-electron chi connectivity index (χ1n) is 4.67. The zero-order valence-corrected chi connectivity index (χ0v) is 7.88. The zero-order valence-electron chi connectivity index (χ0n) is 7.88. The van der Waals surface area contributed by atoms with Gasteiger partial charge in [-0.2, -0.15) is 0 Å². The van der Waals surface area contributed by atoms with Gasteiger partial charge in [-0.3, -0.25) is 0 Å². The normalized spacial score (nSPS) is 15.5. The molecule has 0 atom stereocenters. The molecule has 0 heteroatoms. The summed E-state index contributed by atoms with van der Waals surface area (Å²) < 4.78 is 0. The molecule has 0 saturated carbocycles. The topological polar surface area (TPSA) is 0 Å². The summed E-state index contributed by atoms with van der Waals surface area (Å²) in [5.74, 6) is 0. The van der Waals surface area contributed by atoms with E-state index in [0.717, 1.165) is 12.8 Å². The van der Waals surface area contributed by atoms with Crippen molar-refractivity contribution in [3.63, 3.8) is 0 Å². The molecule has 0 N–H and O–H groups in total. The SMILES string of the molecule is CC1=[C]CC=C1Cc1ccccc1. The lowest BCUT2D eigenvalue weighted by atomic mass is 10.0. The van der Waals surface area contributed by atoms with E-state index >= 15 is 0 Å². The van der Waals surface area contributed by atoms with Crippen LogP contribution in [0, 0.1) is 6.08 Å². The molecule has 0 unspecified atom stereocenters. The maximum atomic E-state index is 3.31. The average molecular weight is 169 g/mol. The van der Waals surface area contributed by atoms with Crippen LogP contribution in [0.15, 0.2) is 47.6 Å². The van der Waals surface area contributed by atoms with E-state index in [0.29, 0.717) is 0 Å². The van der Waals surface area contributed by atoms with Crippen LogP contribution in [-0.4, -0.2) is 0 Å². The van der Waals surface area contributed by atoms with Crippen LogP contribution in [0.1, 0.15) is 18.9 Å². The summed E-state index contributed by atoms with van der Waals surface area (Å²) in [6, 6.07) is 10.6. The van der Waals surface area contributed by atoms with E-state index in [1.54, 1.807) is 0 Å². The summed E-state index contributed by atoms with van der Waals surface area (Å²) in [5, 5.41) is 0. The van der Waals surface area contributed by atoms with Crippen LogP contribution in [-0.2, 0) is 6.42 Å². The van der Waals surface area contributed by atoms with Gasteiger partial charge in [0.2, 0.25) is 0 Å². The average Bonchev–Trinajstić information content (AvgIpc) is 2.54. The van der Waals surface area contributed by atoms with Gasteiger partial charge in [0.25, 0.3) is 0 Å². The lowest BCUT2D eigenvalue weighted by Gasteiger charge is -2.03. The Kier molecular flexibility index (Phi) is 2.31. The molecule has 1 aromatic carbocycles. The molecule has 0 aromatic heterocycles. The van der Waals surface area contributed by atoms with E-state index in [1.165, 1.54) is 16.7 Å². The van der Waals surface area contributed by atoms with Gasteiger partial charge >= 0.3 is 0 Å². The Morgan fingerprint density at radius 1 is 1.23 bits per heavy atom. The molecule has 1 aliphatic carbocycles. The lowest BCUT2D eigenvalue weighted by molar-refractivity contribution is 1.16. The third-order valence-electron chi connectivity index (χ3n) is 2.43. The Balaban J connectivity index is 2.12. The molecule has 1 radical (unpaired) electrons. The van der Waals surface area contributed by atoms with Gasteiger partial charge in [-0.25, -0.2) is 0 Å². The molecule has 13 heavy (non-hydrogen) atoms. The van der Waals surface area contributed by atoms with Gasteiger partial charge in [0.1, 0.15) is 0 Å². The highest BCUT2D eigenvalue weighted by molar-refractivity contribution is 5.37. The van der Waals surface area contributed by atoms with Gasteiger partial charge in [-0.05, 0) is 42.6 Å². The first-order valence-corrected chi connectivity index (χ1v) is 4.67. The van der Waals surface area contributed by atoms with Crippen LogP contribution in [0.5, 0.6) is 0 Å². The minimum Gasteiger partial charge on any atom is -0.0763 e. The van der Waals surface area contributed by atoms with Gasteiger partial charge in [-0.15, -0.1) is 0 Å². The molecule has 1 aromatic rings. The molecule has 0 heterocycles. The Hall–Kier alpha value is -1.30. The fourth-order valence-electron chi connectivity index (χ4n) is 1.61. The predicted octanol–water partition coefficient (Wildman–Crippen LogP) is 3.31. The fourth-order valence-corrected chi connectivity index (χ4v) is 1.61. The third-order valence-corrected chi connectivity index (χ3v) is 2.43. The van der Waals surface area contributed by atoms with Crippen molar-refractivity contribution in [3.8, 4) is 0 Å². The second kappa shape index (κ2) is 3.61. The maximum absolute atomic E-state index is 3.31. The molecular weight excluding hydrogens is 156 g/mol. The smallest absolute Gasteiger partial charge is 0.00261 e. The summed E-state index contributed by atoms with van der Waals surface area (Å²) in [7, 11) is 0. The number of hydrogen-bond acceptors (Lipinski definition) is 0. The molecule has 2 rings (SSSR count). The Labute approximate surface area is 79.6 Å². The van der Waals surface area contributed by atoms with E-state index in [2.05, 4.69) is 49.4 Å². The van der Waals surface area contributed by atoms with E-state index in [1.807, 2.05) is 0 Å². The Morgan fingerprint density at radius 3 is 2.62 bits per heavy atom. The summed E-state index contributed by atoms with van der Waals surface area (Å²) in [5.41, 5.74) is 4.15. The van der Waals surface area contributed by atoms with Gasteiger partial charge in [0.05, 0.1) is 0 Å². The van der Waals surface area contributed by atoms with Crippen LogP contribution in [0.3, 0.4) is 0 Å². The van der Waals surface area contributed by atoms with E-state index in [4.69, 9.17) is 0 Å². The molecule has 65 valence electrons. The van der Waals surface area contributed by atoms with Crippen molar-refractivity contribution in [2.24, 2.45) is 0 Å². The van der Waals surface area contributed by atoms with Crippen LogP contribution < -0.4 is 0 Å². The van der Waals surface area contributed by atoms with Gasteiger partial charge in [0.15, 0.2) is 0 Å². The summed E-state index contributed by atoms with van der Waals surface area (Å²) in [6.07, 6.45) is 7.63. The van der Waals surface area contributed by atoms with Crippen LogP contribution in [0.4, 0.5) is 0 Å². The highest BCUT2D eigenvalue weighted by atomic mass is 14.1. The number of rotatable bonds is 2. The van der Waals surface area contributed by atoms with Crippen molar-refractivity contribution in [2.45, 2.75) is 19.8 Å². The molecule has 0 nitrogen and oxygen atoms in total. The second-order valence-corrected chi connectivity index (χ2v) is 3.40. The lowest BCUT2D eigenvalue weighted by Crippen LogP contribution is -1.89. The molecule has 1 aliphatic rings.